The van der Waals surface area contributed by atoms with Gasteiger partial charge in [0, 0.05) is 17.8 Å². The topological polar surface area (TPSA) is 64.9 Å². The summed E-state index contributed by atoms with van der Waals surface area (Å²) in [5, 5.41) is 3.97. The van der Waals surface area contributed by atoms with Gasteiger partial charge in [-0.3, -0.25) is 4.98 Å². The van der Waals surface area contributed by atoms with Gasteiger partial charge in [-0.15, -0.1) is 0 Å². The number of anilines is 1. The number of nitrogens with zero attached hydrogens (tertiary/aromatic N) is 2. The fraction of sp³-hybridized carbons (Fsp3) is 0.429. The van der Waals surface area contributed by atoms with Crippen LogP contribution in [0, 0.1) is 0 Å². The summed E-state index contributed by atoms with van der Waals surface area (Å²) in [5.41, 5.74) is 8.03. The van der Waals surface area contributed by atoms with Crippen LogP contribution in [-0.4, -0.2) is 10.1 Å². The van der Waals surface area contributed by atoms with Crippen LogP contribution in [0.3, 0.4) is 0 Å². The highest BCUT2D eigenvalue weighted by molar-refractivity contribution is 5.76. The summed E-state index contributed by atoms with van der Waals surface area (Å²) in [5.74, 6) is 1.41. The van der Waals surface area contributed by atoms with Crippen LogP contribution in [-0.2, 0) is 5.41 Å². The largest absolute Gasteiger partial charge is 0.380 e. The molecule has 1 aliphatic rings. The third-order valence-electron chi connectivity index (χ3n) is 3.94. The first-order chi connectivity index (χ1) is 8.71. The molecule has 0 spiro atoms. The molecule has 0 saturated heterocycles. The molecule has 0 amide bonds. The van der Waals surface area contributed by atoms with Gasteiger partial charge < -0.3 is 10.3 Å². The number of nitrogen functional groups attached to an aromatic ring is 1. The van der Waals surface area contributed by atoms with Gasteiger partial charge in [0.05, 0.1) is 5.56 Å². The van der Waals surface area contributed by atoms with E-state index in [0.29, 0.717) is 5.82 Å². The van der Waals surface area contributed by atoms with Gasteiger partial charge in [-0.2, -0.15) is 0 Å². The summed E-state index contributed by atoms with van der Waals surface area (Å²) in [7, 11) is 0. The highest BCUT2D eigenvalue weighted by Crippen LogP contribution is 2.46. The summed E-state index contributed by atoms with van der Waals surface area (Å²) in [4.78, 5) is 4.04. The Bertz CT molecular complexity index is 541. The van der Waals surface area contributed by atoms with Gasteiger partial charge in [0.25, 0.3) is 0 Å². The maximum absolute atomic E-state index is 5.97. The zero-order valence-electron chi connectivity index (χ0n) is 10.5. The highest BCUT2D eigenvalue weighted by Gasteiger charge is 2.37. The molecule has 2 aromatic rings. The van der Waals surface area contributed by atoms with Crippen LogP contribution >= 0.6 is 0 Å². The molecule has 0 unspecified atom stereocenters. The van der Waals surface area contributed by atoms with Crippen molar-refractivity contribution in [1.82, 2.24) is 10.1 Å². The first kappa shape index (κ1) is 11.3. The number of aromatic nitrogens is 2. The maximum atomic E-state index is 5.97. The van der Waals surface area contributed by atoms with Gasteiger partial charge in [0.2, 0.25) is 0 Å². The fourth-order valence-electron chi connectivity index (χ4n) is 2.89. The van der Waals surface area contributed by atoms with Crippen molar-refractivity contribution >= 4 is 5.82 Å². The maximum Gasteiger partial charge on any atom is 0.175 e. The number of hydrogen-bond acceptors (Lipinski definition) is 4. The predicted molar refractivity (Wildman–Crippen MR) is 70.0 cm³/mol. The Labute approximate surface area is 106 Å². The standard InChI is InChI=1S/C14H17N3O/c1-14(6-2-3-7-14)12-11(13(15)17-18-12)10-4-8-16-9-5-10/h4-5,8-9H,2-3,6-7H2,1H3,(H2,15,17). The highest BCUT2D eigenvalue weighted by atomic mass is 16.5. The van der Waals surface area contributed by atoms with Crippen molar-refractivity contribution < 1.29 is 4.52 Å². The normalized spacial score (nSPS) is 18.1. The monoisotopic (exact) mass is 243 g/mol. The molecule has 1 saturated carbocycles. The van der Waals surface area contributed by atoms with E-state index in [2.05, 4.69) is 17.1 Å². The molecule has 4 nitrogen and oxygen atoms in total. The lowest BCUT2D eigenvalue weighted by atomic mass is 9.82. The lowest BCUT2D eigenvalue weighted by molar-refractivity contribution is 0.307. The van der Waals surface area contributed by atoms with E-state index in [-0.39, 0.29) is 5.41 Å². The third-order valence-corrected chi connectivity index (χ3v) is 3.94. The Morgan fingerprint density at radius 3 is 2.56 bits per heavy atom. The summed E-state index contributed by atoms with van der Waals surface area (Å²) < 4.78 is 5.54. The van der Waals surface area contributed by atoms with Crippen LogP contribution in [0.15, 0.2) is 29.0 Å². The van der Waals surface area contributed by atoms with Crippen LogP contribution < -0.4 is 5.73 Å². The van der Waals surface area contributed by atoms with Crippen LogP contribution in [0.1, 0.15) is 38.4 Å². The van der Waals surface area contributed by atoms with E-state index in [1.807, 2.05) is 12.1 Å². The minimum absolute atomic E-state index is 0.0726. The Morgan fingerprint density at radius 1 is 1.22 bits per heavy atom. The molecule has 0 atom stereocenters. The molecule has 0 bridgehead atoms. The van der Waals surface area contributed by atoms with Crippen molar-refractivity contribution in [2.45, 2.75) is 38.0 Å². The van der Waals surface area contributed by atoms with Crippen molar-refractivity contribution in [1.29, 1.82) is 0 Å². The van der Waals surface area contributed by atoms with Gasteiger partial charge in [0.1, 0.15) is 0 Å². The van der Waals surface area contributed by atoms with E-state index in [1.165, 1.54) is 12.8 Å². The van der Waals surface area contributed by atoms with E-state index < -0.39 is 0 Å². The second-order valence-corrected chi connectivity index (χ2v) is 5.28. The fourth-order valence-corrected chi connectivity index (χ4v) is 2.89. The molecule has 0 radical (unpaired) electrons. The molecule has 94 valence electrons. The average molecular weight is 243 g/mol. The van der Waals surface area contributed by atoms with Gasteiger partial charge in [0.15, 0.2) is 11.6 Å². The van der Waals surface area contributed by atoms with E-state index in [9.17, 15) is 0 Å². The summed E-state index contributed by atoms with van der Waals surface area (Å²) in [6.07, 6.45) is 8.30. The minimum Gasteiger partial charge on any atom is -0.380 e. The minimum atomic E-state index is 0.0726. The molecule has 2 aromatic heterocycles. The first-order valence-electron chi connectivity index (χ1n) is 6.37. The van der Waals surface area contributed by atoms with Crippen molar-refractivity contribution in [3.05, 3.63) is 30.3 Å². The molecule has 3 rings (SSSR count). The number of hydrogen-bond donors (Lipinski definition) is 1. The van der Waals surface area contributed by atoms with E-state index in [1.54, 1.807) is 12.4 Å². The Balaban J connectivity index is 2.12. The van der Waals surface area contributed by atoms with Crippen LogP contribution in [0.4, 0.5) is 5.82 Å². The molecule has 2 N–H and O–H groups in total. The number of rotatable bonds is 2. The van der Waals surface area contributed by atoms with Crippen molar-refractivity contribution in [3.63, 3.8) is 0 Å². The van der Waals surface area contributed by atoms with Crippen molar-refractivity contribution in [2.75, 3.05) is 5.73 Å². The van der Waals surface area contributed by atoms with Crippen LogP contribution in [0.5, 0.6) is 0 Å². The van der Waals surface area contributed by atoms with E-state index in [0.717, 1.165) is 29.7 Å². The summed E-state index contributed by atoms with van der Waals surface area (Å²) in [6, 6.07) is 3.90. The molecule has 18 heavy (non-hydrogen) atoms. The zero-order chi connectivity index (χ0) is 12.6. The summed E-state index contributed by atoms with van der Waals surface area (Å²) >= 11 is 0. The molecule has 0 aliphatic heterocycles. The molecular formula is C14H17N3O. The smallest absolute Gasteiger partial charge is 0.175 e. The zero-order valence-corrected chi connectivity index (χ0v) is 10.5. The quantitative estimate of drug-likeness (QED) is 0.880. The average Bonchev–Trinajstić information content (AvgIpc) is 2.98. The van der Waals surface area contributed by atoms with E-state index in [4.69, 9.17) is 10.3 Å². The second kappa shape index (κ2) is 4.12. The Morgan fingerprint density at radius 2 is 1.89 bits per heavy atom. The second-order valence-electron chi connectivity index (χ2n) is 5.28. The first-order valence-corrected chi connectivity index (χ1v) is 6.37. The van der Waals surface area contributed by atoms with Gasteiger partial charge in [-0.1, -0.05) is 24.9 Å². The van der Waals surface area contributed by atoms with Gasteiger partial charge in [-0.25, -0.2) is 0 Å². The lowest BCUT2D eigenvalue weighted by Crippen LogP contribution is -2.17. The molecule has 1 fully saturated rings. The summed E-state index contributed by atoms with van der Waals surface area (Å²) in [6.45, 7) is 2.24. The third kappa shape index (κ3) is 1.68. The number of nitrogens with two attached hydrogens (primary N) is 1. The van der Waals surface area contributed by atoms with Crippen LogP contribution in [0.25, 0.3) is 11.1 Å². The number of pyridine rings is 1. The van der Waals surface area contributed by atoms with Crippen LogP contribution in [0.2, 0.25) is 0 Å². The molecular weight excluding hydrogens is 226 g/mol. The SMILES string of the molecule is CC1(c2onc(N)c2-c2ccncc2)CCCC1. The Hall–Kier alpha value is -1.84. The molecule has 0 aromatic carbocycles. The molecule has 2 heterocycles. The van der Waals surface area contributed by atoms with Crippen molar-refractivity contribution in [2.24, 2.45) is 0 Å². The van der Waals surface area contributed by atoms with Gasteiger partial charge >= 0.3 is 0 Å². The van der Waals surface area contributed by atoms with Gasteiger partial charge in [-0.05, 0) is 30.5 Å². The van der Waals surface area contributed by atoms with E-state index >= 15 is 0 Å². The predicted octanol–water partition coefficient (Wildman–Crippen LogP) is 3.15. The lowest BCUT2D eigenvalue weighted by Gasteiger charge is -2.21. The Kier molecular flexibility index (Phi) is 2.58. The molecule has 4 heteroatoms. The molecule has 1 aliphatic carbocycles. The van der Waals surface area contributed by atoms with Crippen molar-refractivity contribution in [3.8, 4) is 11.1 Å².